The summed E-state index contributed by atoms with van der Waals surface area (Å²) in [7, 11) is 0. The maximum absolute atomic E-state index is 10.0. The van der Waals surface area contributed by atoms with Crippen molar-refractivity contribution in [3.8, 4) is 89.5 Å². The Morgan fingerprint density at radius 2 is 0.629 bits per heavy atom. The molecule has 0 bridgehead atoms. The number of fused-ring (bicyclic) bond motifs is 7. The number of pyridine rings is 4. The molecule has 12 aromatic carbocycles. The third-order valence-electron chi connectivity index (χ3n) is 18.7. The predicted octanol–water partition coefficient (Wildman–Crippen LogP) is 26.6. The van der Waals surface area contributed by atoms with Gasteiger partial charge in [0.05, 0.1) is 45.1 Å². The molecule has 124 heavy (non-hydrogen) atoms. The minimum atomic E-state index is -0.125. The SMILES string of the molecule is CC(=O)C=C(C)O.CC(=O)C=C(C)O.CC(=O)C=C(C)O.CC(=O)C=C(C)O.CC1(C)c2ccccc2-c2c[c-]c(-c3ccc4ccccc4n3)cc21.Cc1cc2ccccc2nc1-c1[c-]ccc(-c2ccccc2)c1.[Ir].[Ir].[Ir].[Ir].[c-]1cc(-c2ccccc2)ccc1-c1ccc2ccccc2n1.[c-]1ccc(-c2ccccc2)cc1-c1ccc2ccccc2n1. The Kier molecular flexibility index (Phi) is 40.3. The van der Waals surface area contributed by atoms with Crippen LogP contribution in [0.4, 0.5) is 0 Å². The molecule has 0 saturated heterocycles. The molecular weight excluding hydrogens is 2250 g/mol. The normalized spacial score (nSPS) is 11.3. The largest absolute Gasteiger partial charge is 0.512 e. The molecule has 4 aromatic heterocycles. The quantitative estimate of drug-likeness (QED) is 0.0543. The third kappa shape index (κ3) is 29.8. The number of aromatic nitrogens is 4. The number of carbonyl (C=O) groups is 4. The zero-order chi connectivity index (χ0) is 85.7. The molecule has 0 unspecified atom stereocenters. The van der Waals surface area contributed by atoms with Crippen LogP contribution in [0.3, 0.4) is 0 Å². The van der Waals surface area contributed by atoms with E-state index in [1.807, 2.05) is 109 Å². The van der Waals surface area contributed by atoms with Crippen molar-refractivity contribution in [2.24, 2.45) is 0 Å². The Bertz CT molecular complexity index is 6270. The molecule has 16 aromatic rings. The van der Waals surface area contributed by atoms with Gasteiger partial charge < -0.3 is 20.4 Å². The molecule has 1 aliphatic rings. The van der Waals surface area contributed by atoms with Gasteiger partial charge in [-0.2, -0.15) is 0 Å². The summed E-state index contributed by atoms with van der Waals surface area (Å²) in [5.41, 5.74) is 25.8. The summed E-state index contributed by atoms with van der Waals surface area (Å²) in [4.78, 5) is 59.2. The second-order valence-corrected chi connectivity index (χ2v) is 29.0. The summed E-state index contributed by atoms with van der Waals surface area (Å²) in [5.74, 6) is -0.250. The van der Waals surface area contributed by atoms with Crippen LogP contribution in [0.1, 0.15) is 85.9 Å². The van der Waals surface area contributed by atoms with E-state index in [-0.39, 0.29) is 132 Å². The topological polar surface area (TPSA) is 201 Å². The van der Waals surface area contributed by atoms with Gasteiger partial charge in [-0.15, -0.1) is 130 Å². The van der Waals surface area contributed by atoms with E-state index in [4.69, 9.17) is 40.4 Å². The van der Waals surface area contributed by atoms with E-state index in [1.165, 1.54) is 152 Å². The zero-order valence-electron chi connectivity index (χ0n) is 70.5. The van der Waals surface area contributed by atoms with Crippen LogP contribution < -0.4 is 0 Å². The molecule has 0 spiro atoms. The van der Waals surface area contributed by atoms with Crippen molar-refractivity contribution in [3.63, 3.8) is 0 Å². The molecule has 0 saturated carbocycles. The smallest absolute Gasteiger partial charge is 0.155 e. The second kappa shape index (κ2) is 49.7. The summed E-state index contributed by atoms with van der Waals surface area (Å²) in [6.45, 7) is 18.1. The van der Waals surface area contributed by atoms with E-state index >= 15 is 0 Å². The molecule has 634 valence electrons. The number of rotatable bonds is 11. The fourth-order valence-corrected chi connectivity index (χ4v) is 13.3. The maximum atomic E-state index is 10.0. The Labute approximate surface area is 780 Å². The van der Waals surface area contributed by atoms with Crippen LogP contribution in [0.5, 0.6) is 0 Å². The number of para-hydroxylation sites is 4. The van der Waals surface area contributed by atoms with E-state index in [2.05, 4.69) is 257 Å². The number of hydrogen-bond donors (Lipinski definition) is 4. The molecule has 16 heteroatoms. The first-order valence-corrected chi connectivity index (χ1v) is 39.1. The number of aryl methyl sites for hydroxylation is 1. The third-order valence-corrected chi connectivity index (χ3v) is 18.7. The number of ketones is 4. The van der Waals surface area contributed by atoms with Crippen LogP contribution in [-0.2, 0) is 105 Å². The Hall–Kier alpha value is -12.3. The number of allylic oxidation sites excluding steroid dienone is 8. The van der Waals surface area contributed by atoms with Crippen molar-refractivity contribution in [2.45, 2.75) is 81.6 Å². The van der Waals surface area contributed by atoms with Gasteiger partial charge in [0, 0.05) is 105 Å². The van der Waals surface area contributed by atoms with Crippen LogP contribution in [0.15, 0.2) is 369 Å². The average molecular weight is 2340 g/mol. The first-order valence-electron chi connectivity index (χ1n) is 39.1. The molecule has 1 aliphatic carbocycles. The van der Waals surface area contributed by atoms with Crippen molar-refractivity contribution >= 4 is 66.7 Å². The van der Waals surface area contributed by atoms with Gasteiger partial charge in [-0.05, 0) is 153 Å². The number of nitrogens with zero attached hydrogens (tertiary/aromatic N) is 4. The molecule has 0 atom stereocenters. The summed E-state index contributed by atoms with van der Waals surface area (Å²) < 4.78 is 0. The van der Waals surface area contributed by atoms with Gasteiger partial charge in [0.15, 0.2) is 23.1 Å². The number of hydrogen-bond acceptors (Lipinski definition) is 12. The van der Waals surface area contributed by atoms with Crippen molar-refractivity contribution in [1.82, 2.24) is 19.9 Å². The minimum absolute atomic E-state index is 0. The van der Waals surface area contributed by atoms with E-state index in [1.54, 1.807) is 0 Å². The van der Waals surface area contributed by atoms with Gasteiger partial charge in [-0.25, -0.2) is 0 Å². The van der Waals surface area contributed by atoms with E-state index in [9.17, 15) is 19.2 Å². The van der Waals surface area contributed by atoms with Gasteiger partial charge in [-0.1, -0.05) is 272 Å². The summed E-state index contributed by atoms with van der Waals surface area (Å²) >= 11 is 0. The number of aliphatic hydroxyl groups is 4. The fourth-order valence-electron chi connectivity index (χ4n) is 13.3. The predicted molar refractivity (Wildman–Crippen MR) is 491 cm³/mol. The molecule has 4 heterocycles. The zero-order valence-corrected chi connectivity index (χ0v) is 80.0. The fraction of sp³-hybridized carbons (Fsp3) is 0.111. The average Bonchev–Trinajstić information content (AvgIpc) is 1.58. The van der Waals surface area contributed by atoms with Crippen LogP contribution >= 0.6 is 0 Å². The van der Waals surface area contributed by atoms with Crippen molar-refractivity contribution in [2.75, 3.05) is 0 Å². The Morgan fingerprint density at radius 1 is 0.290 bits per heavy atom. The van der Waals surface area contributed by atoms with E-state index < -0.39 is 0 Å². The summed E-state index contributed by atoms with van der Waals surface area (Å²) in [5, 5.41) is 38.1. The summed E-state index contributed by atoms with van der Waals surface area (Å²) in [6.07, 6.45) is 4.67. The van der Waals surface area contributed by atoms with Gasteiger partial charge in [0.25, 0.3) is 0 Å². The molecule has 0 fully saturated rings. The standard InChI is InChI=1S/C24H18N.C22H16N.2C21H14N.4C5H8O2.4Ir/c1-24(2)20-9-5-4-8-18(20)19-13-11-17(15-21(19)24)23-14-12-16-7-3-6-10-22(16)25-23;1-16-14-19-10-5-6-13-21(19)23-22(16)20-12-7-11-18(15-20)17-8-3-2-4-9-17;1-2-7-16(8-3-1)18-10-6-11-19(15-18)21-14-13-17-9-4-5-12-20(17)22-21;1-2-6-16(7-3-1)17-10-12-19(13-11-17)21-15-14-18-8-4-5-9-20(18)22-21;4*1-4(6)3-5(2)7;;;;/h3-10,12-15H,1-2H3;2-11,13-15H,1H3;1-10,12-15H;1-12,14-15H;4*3,6H,1-2H3;;;;/q4*-1;;;;;;;;. The molecule has 17 rings (SSSR count). The summed E-state index contributed by atoms with van der Waals surface area (Å²) in [6, 6.07) is 124. The Morgan fingerprint density at radius 3 is 1.02 bits per heavy atom. The molecular formula is C108H94Ir4N4O8-4. The Balaban J connectivity index is 0.000000230. The van der Waals surface area contributed by atoms with Gasteiger partial charge >= 0.3 is 0 Å². The van der Waals surface area contributed by atoms with Crippen LogP contribution in [0, 0.1) is 31.2 Å². The van der Waals surface area contributed by atoms with Gasteiger partial charge in [-0.3, -0.25) is 39.1 Å². The molecule has 4 radical (unpaired) electrons. The van der Waals surface area contributed by atoms with Crippen molar-refractivity contribution < 1.29 is 120 Å². The number of aliphatic hydroxyl groups excluding tert-OH is 4. The van der Waals surface area contributed by atoms with Gasteiger partial charge in [0.1, 0.15) is 0 Å². The number of benzene rings is 12. The molecule has 4 N–H and O–H groups in total. The van der Waals surface area contributed by atoms with Gasteiger partial charge in [0.2, 0.25) is 0 Å². The van der Waals surface area contributed by atoms with Crippen molar-refractivity contribution in [3.05, 3.63) is 410 Å². The van der Waals surface area contributed by atoms with Crippen LogP contribution in [0.25, 0.3) is 133 Å². The molecule has 12 nitrogen and oxygen atoms in total. The first-order chi connectivity index (χ1) is 57.8. The molecule has 0 amide bonds. The number of carbonyl (C=O) groups excluding carboxylic acids is 4. The monoisotopic (exact) mass is 2350 g/mol. The maximum Gasteiger partial charge on any atom is 0.155 e. The second-order valence-electron chi connectivity index (χ2n) is 29.0. The van der Waals surface area contributed by atoms with E-state index in [0.717, 1.165) is 77.9 Å². The van der Waals surface area contributed by atoms with Crippen molar-refractivity contribution in [1.29, 1.82) is 0 Å². The first kappa shape index (κ1) is 101. The molecule has 0 aliphatic heterocycles. The minimum Gasteiger partial charge on any atom is -0.512 e. The van der Waals surface area contributed by atoms with E-state index in [0.29, 0.717) is 0 Å². The van der Waals surface area contributed by atoms with Crippen LogP contribution in [-0.4, -0.2) is 63.5 Å². The van der Waals surface area contributed by atoms with Crippen LogP contribution in [0.2, 0.25) is 0 Å².